The molecule has 0 bridgehead atoms. The minimum absolute atomic E-state index is 0.201. The number of benzene rings is 2. The number of hydrogen-bond acceptors (Lipinski definition) is 5. The highest BCUT2D eigenvalue weighted by molar-refractivity contribution is 7.93. The number of ether oxygens (including phenoxy) is 1. The predicted molar refractivity (Wildman–Crippen MR) is 110 cm³/mol. The molecule has 0 saturated heterocycles. The lowest BCUT2D eigenvalue weighted by Gasteiger charge is -2.10. The van der Waals surface area contributed by atoms with E-state index in [0.29, 0.717) is 5.56 Å². The summed E-state index contributed by atoms with van der Waals surface area (Å²) in [6, 6.07) is 16.1. The van der Waals surface area contributed by atoms with Crippen LogP contribution < -0.4 is 5.32 Å². The van der Waals surface area contributed by atoms with E-state index >= 15 is 0 Å². The summed E-state index contributed by atoms with van der Waals surface area (Å²) in [6.45, 7) is 4.04. The van der Waals surface area contributed by atoms with Crippen molar-refractivity contribution in [2.45, 2.75) is 29.5 Å². The highest BCUT2D eigenvalue weighted by Gasteiger charge is 2.28. The second-order valence-electron chi connectivity index (χ2n) is 6.29. The van der Waals surface area contributed by atoms with E-state index < -0.39 is 15.9 Å². The van der Waals surface area contributed by atoms with Crippen LogP contribution in [0.4, 0.5) is 4.79 Å². The van der Waals surface area contributed by atoms with Gasteiger partial charge in [0, 0.05) is 10.4 Å². The Balaban J connectivity index is 2.21. The largest absolute Gasteiger partial charge is 0.453 e. The summed E-state index contributed by atoms with van der Waals surface area (Å²) >= 11 is 1.19. The maximum absolute atomic E-state index is 13.4. The van der Waals surface area contributed by atoms with Gasteiger partial charge in [-0.25, -0.2) is 13.2 Å². The van der Waals surface area contributed by atoms with Crippen molar-refractivity contribution in [3.05, 3.63) is 70.6 Å². The third-order valence-electron chi connectivity index (χ3n) is 4.50. The van der Waals surface area contributed by atoms with E-state index in [2.05, 4.69) is 10.1 Å². The number of carbonyl (C=O) groups excluding carboxylic acids is 1. The number of hydrogen-bond donors (Lipinski definition) is 1. The SMILES string of the molecule is COC(=O)NCc1sc(S(=O)(=O)c2ccccc2)c(-c2ccccc2C)c1C. The maximum Gasteiger partial charge on any atom is 0.407 e. The number of sulfone groups is 1. The van der Waals surface area contributed by atoms with Crippen LogP contribution in [0.3, 0.4) is 0 Å². The first-order chi connectivity index (χ1) is 13.4. The number of rotatable bonds is 5. The zero-order valence-electron chi connectivity index (χ0n) is 15.9. The third kappa shape index (κ3) is 3.81. The van der Waals surface area contributed by atoms with E-state index in [-0.39, 0.29) is 15.6 Å². The summed E-state index contributed by atoms with van der Waals surface area (Å²) in [7, 11) is -2.41. The molecule has 0 aliphatic rings. The topological polar surface area (TPSA) is 72.5 Å². The van der Waals surface area contributed by atoms with Gasteiger partial charge in [0.15, 0.2) is 0 Å². The molecule has 146 valence electrons. The van der Waals surface area contributed by atoms with Crippen molar-refractivity contribution in [1.82, 2.24) is 5.32 Å². The van der Waals surface area contributed by atoms with Crippen LogP contribution in [0, 0.1) is 13.8 Å². The fourth-order valence-corrected chi connectivity index (χ4v) is 6.27. The van der Waals surface area contributed by atoms with Crippen LogP contribution in [0.25, 0.3) is 11.1 Å². The summed E-state index contributed by atoms with van der Waals surface area (Å²) in [6.07, 6.45) is -0.558. The Bertz CT molecular complexity index is 1100. The Hall–Kier alpha value is -2.64. The normalized spacial score (nSPS) is 11.2. The Labute approximate surface area is 168 Å². The molecule has 5 nitrogen and oxygen atoms in total. The first kappa shape index (κ1) is 20.1. The molecule has 1 heterocycles. The van der Waals surface area contributed by atoms with Gasteiger partial charge in [0.05, 0.1) is 18.6 Å². The Morgan fingerprint density at radius 2 is 1.68 bits per heavy atom. The lowest BCUT2D eigenvalue weighted by atomic mass is 9.99. The van der Waals surface area contributed by atoms with Crippen molar-refractivity contribution >= 4 is 27.3 Å². The number of carbonyl (C=O) groups is 1. The van der Waals surface area contributed by atoms with Gasteiger partial charge in [-0.05, 0) is 42.7 Å². The van der Waals surface area contributed by atoms with E-state index in [9.17, 15) is 13.2 Å². The summed E-state index contributed by atoms with van der Waals surface area (Å²) in [5.74, 6) is 0. The predicted octanol–water partition coefficient (Wildman–Crippen LogP) is 4.72. The van der Waals surface area contributed by atoms with Crippen molar-refractivity contribution in [3.8, 4) is 11.1 Å². The maximum atomic E-state index is 13.4. The van der Waals surface area contributed by atoms with E-state index in [0.717, 1.165) is 21.6 Å². The number of nitrogens with one attached hydrogen (secondary N) is 1. The highest BCUT2D eigenvalue weighted by Crippen LogP contribution is 2.42. The van der Waals surface area contributed by atoms with Crippen molar-refractivity contribution < 1.29 is 17.9 Å². The molecule has 0 aliphatic heterocycles. The standard InChI is InChI=1S/C21H21NO4S2/c1-14-9-7-8-12-17(14)19-15(2)18(13-22-21(23)26-3)27-20(19)28(24,25)16-10-5-4-6-11-16/h4-12H,13H2,1-3H3,(H,22,23). The molecule has 0 saturated carbocycles. The average molecular weight is 416 g/mol. The highest BCUT2D eigenvalue weighted by atomic mass is 32.2. The number of aryl methyl sites for hydroxylation is 1. The van der Waals surface area contributed by atoms with Crippen LogP contribution in [0.15, 0.2) is 63.7 Å². The smallest absolute Gasteiger partial charge is 0.407 e. The molecule has 3 rings (SSSR count). The van der Waals surface area contributed by atoms with Crippen LogP contribution in [-0.4, -0.2) is 21.6 Å². The van der Waals surface area contributed by atoms with Crippen LogP contribution in [0.5, 0.6) is 0 Å². The van der Waals surface area contributed by atoms with Gasteiger partial charge in [-0.15, -0.1) is 11.3 Å². The molecule has 7 heteroatoms. The van der Waals surface area contributed by atoms with Gasteiger partial charge in [0.2, 0.25) is 9.84 Å². The molecule has 0 unspecified atom stereocenters. The molecule has 3 aromatic rings. The zero-order chi connectivity index (χ0) is 20.3. The summed E-state index contributed by atoms with van der Waals surface area (Å²) in [5.41, 5.74) is 3.38. The van der Waals surface area contributed by atoms with Gasteiger partial charge < -0.3 is 10.1 Å². The average Bonchev–Trinajstić information content (AvgIpc) is 3.04. The van der Waals surface area contributed by atoms with Crippen LogP contribution in [0.1, 0.15) is 16.0 Å². The second kappa shape index (κ2) is 8.16. The fourth-order valence-electron chi connectivity index (χ4n) is 2.99. The van der Waals surface area contributed by atoms with Gasteiger partial charge in [0.25, 0.3) is 0 Å². The van der Waals surface area contributed by atoms with Gasteiger partial charge >= 0.3 is 6.09 Å². The fraction of sp³-hybridized carbons (Fsp3) is 0.190. The van der Waals surface area contributed by atoms with E-state index in [1.54, 1.807) is 30.3 Å². The lowest BCUT2D eigenvalue weighted by Crippen LogP contribution is -2.22. The minimum Gasteiger partial charge on any atom is -0.453 e. The molecule has 1 N–H and O–H groups in total. The molecular formula is C21H21NO4S2. The van der Waals surface area contributed by atoms with Crippen molar-refractivity contribution in [2.24, 2.45) is 0 Å². The Kier molecular flexibility index (Phi) is 5.86. The quantitative estimate of drug-likeness (QED) is 0.654. The molecule has 0 radical (unpaired) electrons. The van der Waals surface area contributed by atoms with Gasteiger partial charge in [-0.1, -0.05) is 42.5 Å². The molecule has 0 aliphatic carbocycles. The molecule has 28 heavy (non-hydrogen) atoms. The summed E-state index contributed by atoms with van der Waals surface area (Å²) in [4.78, 5) is 12.5. The first-order valence-corrected chi connectivity index (χ1v) is 11.0. The second-order valence-corrected chi connectivity index (χ2v) is 9.54. The number of amides is 1. The van der Waals surface area contributed by atoms with E-state index in [4.69, 9.17) is 0 Å². The van der Waals surface area contributed by atoms with E-state index in [1.165, 1.54) is 18.4 Å². The monoisotopic (exact) mass is 415 g/mol. The lowest BCUT2D eigenvalue weighted by molar-refractivity contribution is 0.170. The minimum atomic E-state index is -3.71. The van der Waals surface area contributed by atoms with Gasteiger partial charge in [0.1, 0.15) is 4.21 Å². The first-order valence-electron chi connectivity index (χ1n) is 8.66. The van der Waals surface area contributed by atoms with E-state index in [1.807, 2.05) is 38.1 Å². The summed E-state index contributed by atoms with van der Waals surface area (Å²) in [5, 5.41) is 2.64. The molecule has 0 atom stereocenters. The van der Waals surface area contributed by atoms with Gasteiger partial charge in [-0.3, -0.25) is 0 Å². The van der Waals surface area contributed by atoms with Crippen molar-refractivity contribution in [1.29, 1.82) is 0 Å². The van der Waals surface area contributed by atoms with Crippen LogP contribution in [-0.2, 0) is 21.1 Å². The summed E-state index contributed by atoms with van der Waals surface area (Å²) < 4.78 is 31.7. The molecular weight excluding hydrogens is 394 g/mol. The van der Waals surface area contributed by atoms with Crippen LogP contribution in [0.2, 0.25) is 0 Å². The third-order valence-corrected chi connectivity index (χ3v) is 8.08. The Morgan fingerprint density at radius 3 is 2.32 bits per heavy atom. The van der Waals surface area contributed by atoms with Crippen molar-refractivity contribution in [3.63, 3.8) is 0 Å². The van der Waals surface area contributed by atoms with Crippen LogP contribution >= 0.6 is 11.3 Å². The molecule has 0 fully saturated rings. The van der Waals surface area contributed by atoms with Gasteiger partial charge in [-0.2, -0.15) is 0 Å². The number of alkyl carbamates (subject to hydrolysis) is 1. The molecule has 0 spiro atoms. The molecule has 1 amide bonds. The van der Waals surface area contributed by atoms with Crippen molar-refractivity contribution in [2.75, 3.05) is 7.11 Å². The number of methoxy groups -OCH3 is 1. The molecule has 2 aromatic carbocycles. The number of thiophene rings is 1. The zero-order valence-corrected chi connectivity index (χ0v) is 17.5. The molecule has 1 aromatic heterocycles. The Morgan fingerprint density at radius 1 is 1.04 bits per heavy atom.